The van der Waals surface area contributed by atoms with Gasteiger partial charge in [-0.2, -0.15) is 0 Å². The van der Waals surface area contributed by atoms with Gasteiger partial charge in [0.15, 0.2) is 0 Å². The summed E-state index contributed by atoms with van der Waals surface area (Å²) >= 11 is 0. The molecular weight excluding hydrogens is 368 g/mol. The molecule has 3 heterocycles. The molecular formula is C22H30N4O3. The molecule has 4 rings (SSSR count). The molecule has 3 amide bonds. The van der Waals surface area contributed by atoms with E-state index in [4.69, 9.17) is 0 Å². The molecule has 156 valence electrons. The van der Waals surface area contributed by atoms with Gasteiger partial charge in [-0.3, -0.25) is 24.6 Å². The molecule has 2 fully saturated rings. The highest BCUT2D eigenvalue weighted by atomic mass is 16.2. The summed E-state index contributed by atoms with van der Waals surface area (Å²) in [6.45, 7) is 8.50. The molecule has 0 saturated carbocycles. The molecule has 0 aromatic heterocycles. The first-order valence-electron chi connectivity index (χ1n) is 10.7. The Hall–Kier alpha value is -2.25. The molecule has 7 nitrogen and oxygen atoms in total. The topological polar surface area (TPSA) is 81.8 Å². The van der Waals surface area contributed by atoms with Crippen molar-refractivity contribution in [2.24, 2.45) is 0 Å². The molecule has 7 heteroatoms. The van der Waals surface area contributed by atoms with Crippen LogP contribution in [-0.2, 0) is 22.7 Å². The summed E-state index contributed by atoms with van der Waals surface area (Å²) < 4.78 is 0. The first-order valence-corrected chi connectivity index (χ1v) is 10.7. The molecule has 3 aliphatic rings. The van der Waals surface area contributed by atoms with Crippen LogP contribution in [0, 0.1) is 0 Å². The Morgan fingerprint density at radius 2 is 1.97 bits per heavy atom. The summed E-state index contributed by atoms with van der Waals surface area (Å²) in [5.74, 6) is -0.703. The largest absolute Gasteiger partial charge is 0.322 e. The molecule has 3 aliphatic heterocycles. The van der Waals surface area contributed by atoms with Gasteiger partial charge in [-0.15, -0.1) is 0 Å². The number of rotatable bonds is 5. The first-order chi connectivity index (χ1) is 14.0. The van der Waals surface area contributed by atoms with Crippen LogP contribution in [0.2, 0.25) is 0 Å². The number of carbonyl (C=O) groups excluding carboxylic acids is 3. The molecule has 2 saturated heterocycles. The van der Waals surface area contributed by atoms with Crippen LogP contribution in [0.1, 0.15) is 61.0 Å². The van der Waals surface area contributed by atoms with Crippen LogP contribution in [0.5, 0.6) is 0 Å². The van der Waals surface area contributed by atoms with E-state index >= 15 is 0 Å². The zero-order valence-corrected chi connectivity index (χ0v) is 17.3. The minimum absolute atomic E-state index is 0.0844. The van der Waals surface area contributed by atoms with Crippen molar-refractivity contribution in [1.29, 1.82) is 0 Å². The summed E-state index contributed by atoms with van der Waals surface area (Å²) in [6.07, 6.45) is 2.79. The van der Waals surface area contributed by atoms with Gasteiger partial charge in [-0.25, -0.2) is 0 Å². The number of carbonyl (C=O) groups is 3. The minimum atomic E-state index is -0.565. The van der Waals surface area contributed by atoms with Gasteiger partial charge in [0, 0.05) is 50.2 Å². The van der Waals surface area contributed by atoms with Crippen molar-refractivity contribution in [2.75, 3.05) is 19.6 Å². The molecule has 29 heavy (non-hydrogen) atoms. The van der Waals surface area contributed by atoms with Gasteiger partial charge in [0.2, 0.25) is 11.8 Å². The number of piperazine rings is 1. The number of amides is 3. The van der Waals surface area contributed by atoms with Crippen LogP contribution in [0.15, 0.2) is 18.2 Å². The Balaban J connectivity index is 1.59. The number of nitrogens with zero attached hydrogens (tertiary/aromatic N) is 2. The van der Waals surface area contributed by atoms with Crippen LogP contribution in [0.3, 0.4) is 0 Å². The van der Waals surface area contributed by atoms with Crippen molar-refractivity contribution < 1.29 is 14.4 Å². The Morgan fingerprint density at radius 3 is 2.69 bits per heavy atom. The third-order valence-electron chi connectivity index (χ3n) is 7.00. The first kappa shape index (κ1) is 20.0. The van der Waals surface area contributed by atoms with Crippen molar-refractivity contribution in [3.8, 4) is 0 Å². The molecule has 1 atom stereocenters. The Labute approximate surface area is 171 Å². The summed E-state index contributed by atoms with van der Waals surface area (Å²) in [7, 11) is 0. The third kappa shape index (κ3) is 3.46. The molecule has 0 bridgehead atoms. The second kappa shape index (κ2) is 7.88. The number of benzene rings is 1. The van der Waals surface area contributed by atoms with Crippen molar-refractivity contribution >= 4 is 17.7 Å². The fourth-order valence-corrected chi connectivity index (χ4v) is 5.11. The maximum absolute atomic E-state index is 13.3. The lowest BCUT2D eigenvalue weighted by Gasteiger charge is -2.47. The van der Waals surface area contributed by atoms with E-state index in [1.807, 2.05) is 18.2 Å². The highest BCUT2D eigenvalue weighted by Gasteiger charge is 2.41. The van der Waals surface area contributed by atoms with E-state index < -0.39 is 6.04 Å². The van der Waals surface area contributed by atoms with Crippen LogP contribution in [0.25, 0.3) is 0 Å². The van der Waals surface area contributed by atoms with Gasteiger partial charge >= 0.3 is 0 Å². The van der Waals surface area contributed by atoms with Gasteiger partial charge in [0.05, 0.1) is 0 Å². The zero-order valence-electron chi connectivity index (χ0n) is 17.3. The second-order valence-corrected chi connectivity index (χ2v) is 8.38. The summed E-state index contributed by atoms with van der Waals surface area (Å²) in [4.78, 5) is 41.3. The fraction of sp³-hybridized carbons (Fsp3) is 0.591. The smallest absolute Gasteiger partial charge is 0.255 e. The lowest BCUT2D eigenvalue weighted by Crippen LogP contribution is -2.60. The zero-order chi connectivity index (χ0) is 20.6. The maximum atomic E-state index is 13.3. The van der Waals surface area contributed by atoms with E-state index in [-0.39, 0.29) is 29.7 Å². The average Bonchev–Trinajstić information content (AvgIpc) is 3.06. The van der Waals surface area contributed by atoms with Crippen LogP contribution < -0.4 is 10.6 Å². The molecule has 1 aromatic carbocycles. The maximum Gasteiger partial charge on any atom is 0.255 e. The Bertz CT molecular complexity index is 833. The van der Waals surface area contributed by atoms with Gasteiger partial charge in [-0.05, 0) is 30.4 Å². The number of imide groups is 1. The van der Waals surface area contributed by atoms with Crippen LogP contribution >= 0.6 is 0 Å². The SMILES string of the molecule is CCC1(CC)CNCCN1Cc1cccc2c1C(=O)N(C1CCC(=O)NC1=O)C2. The van der Waals surface area contributed by atoms with E-state index in [0.717, 1.165) is 55.7 Å². The molecule has 0 radical (unpaired) electrons. The molecule has 0 aliphatic carbocycles. The van der Waals surface area contributed by atoms with Crippen molar-refractivity contribution in [3.05, 3.63) is 34.9 Å². The summed E-state index contributed by atoms with van der Waals surface area (Å²) in [5.41, 5.74) is 2.87. The predicted molar refractivity (Wildman–Crippen MR) is 109 cm³/mol. The van der Waals surface area contributed by atoms with E-state index in [1.165, 1.54) is 0 Å². The van der Waals surface area contributed by atoms with Crippen molar-refractivity contribution in [1.82, 2.24) is 20.4 Å². The van der Waals surface area contributed by atoms with Crippen LogP contribution in [-0.4, -0.2) is 58.7 Å². The van der Waals surface area contributed by atoms with E-state index in [2.05, 4.69) is 29.4 Å². The lowest BCUT2D eigenvalue weighted by molar-refractivity contribution is -0.136. The highest BCUT2D eigenvalue weighted by Crippen LogP contribution is 2.33. The monoisotopic (exact) mass is 398 g/mol. The average molecular weight is 399 g/mol. The molecule has 0 spiro atoms. The highest BCUT2D eigenvalue weighted by molar-refractivity contribution is 6.05. The quantitative estimate of drug-likeness (QED) is 0.733. The normalized spacial score (nSPS) is 24.6. The van der Waals surface area contributed by atoms with Crippen LogP contribution in [0.4, 0.5) is 0 Å². The van der Waals surface area contributed by atoms with Crippen molar-refractivity contribution in [3.63, 3.8) is 0 Å². The number of piperidine rings is 1. The van der Waals surface area contributed by atoms with Gasteiger partial charge in [0.1, 0.15) is 6.04 Å². The Morgan fingerprint density at radius 1 is 1.17 bits per heavy atom. The summed E-state index contributed by atoms with van der Waals surface area (Å²) in [5, 5.41) is 5.90. The standard InChI is InChI=1S/C22H30N4O3/c1-3-22(4-2)14-23-10-11-25(22)12-15-6-5-7-16-13-26(21(29)19(15)16)17-8-9-18(27)24-20(17)28/h5-7,17,23H,3-4,8-14H2,1-2H3,(H,24,27,28). The molecule has 2 N–H and O–H groups in total. The Kier molecular flexibility index (Phi) is 5.44. The fourth-order valence-electron chi connectivity index (χ4n) is 5.11. The number of nitrogens with one attached hydrogen (secondary N) is 2. The third-order valence-corrected chi connectivity index (χ3v) is 7.00. The molecule has 1 aromatic rings. The number of hydrogen-bond donors (Lipinski definition) is 2. The van der Waals surface area contributed by atoms with E-state index in [9.17, 15) is 14.4 Å². The second-order valence-electron chi connectivity index (χ2n) is 8.38. The van der Waals surface area contributed by atoms with E-state index in [1.54, 1.807) is 4.90 Å². The summed E-state index contributed by atoms with van der Waals surface area (Å²) in [6, 6.07) is 5.47. The van der Waals surface area contributed by atoms with Gasteiger partial charge < -0.3 is 10.2 Å². The van der Waals surface area contributed by atoms with E-state index in [0.29, 0.717) is 13.0 Å². The number of hydrogen-bond acceptors (Lipinski definition) is 5. The van der Waals surface area contributed by atoms with Gasteiger partial charge in [0.25, 0.3) is 5.91 Å². The number of fused-ring (bicyclic) bond motifs is 1. The van der Waals surface area contributed by atoms with Gasteiger partial charge in [-0.1, -0.05) is 32.0 Å². The predicted octanol–water partition coefficient (Wildman–Crippen LogP) is 1.41. The minimum Gasteiger partial charge on any atom is -0.322 e. The molecule has 1 unspecified atom stereocenters. The van der Waals surface area contributed by atoms with Crippen molar-refractivity contribution in [2.45, 2.75) is 64.2 Å². The lowest BCUT2D eigenvalue weighted by atomic mass is 9.87.